The summed E-state index contributed by atoms with van der Waals surface area (Å²) in [4.78, 5) is 16.0. The molecule has 0 radical (unpaired) electrons. The minimum Gasteiger partial charge on any atom is -0.350 e. The zero-order valence-corrected chi connectivity index (χ0v) is 10.9. The molecule has 0 fully saturated rings. The number of carbonyl (C=O) groups excluding carboxylic acids is 1. The Bertz CT molecular complexity index is 555. The molecule has 0 aliphatic rings. The predicted octanol–water partition coefficient (Wildman–Crippen LogP) is 1.97. The van der Waals surface area contributed by atoms with Gasteiger partial charge in [0.2, 0.25) is 0 Å². The van der Waals surface area contributed by atoms with Gasteiger partial charge in [0, 0.05) is 30.3 Å². The van der Waals surface area contributed by atoms with E-state index in [9.17, 15) is 4.79 Å². The van der Waals surface area contributed by atoms with Crippen LogP contribution in [0.3, 0.4) is 0 Å². The molecule has 0 unspecified atom stereocenters. The normalized spacial score (nSPS) is 10.4. The van der Waals surface area contributed by atoms with E-state index < -0.39 is 0 Å². The van der Waals surface area contributed by atoms with E-state index in [4.69, 9.17) is 0 Å². The van der Waals surface area contributed by atoms with Crippen molar-refractivity contribution < 1.29 is 4.79 Å². The number of hydrogen-bond acceptors (Lipinski definition) is 2. The average molecular weight is 243 g/mol. The van der Waals surface area contributed by atoms with Crippen molar-refractivity contribution in [2.75, 3.05) is 0 Å². The minimum absolute atomic E-state index is 0.0960. The first-order valence-corrected chi connectivity index (χ1v) is 5.90. The number of pyridine rings is 1. The minimum atomic E-state index is -0.0960. The van der Waals surface area contributed by atoms with Gasteiger partial charge < -0.3 is 9.88 Å². The lowest BCUT2D eigenvalue weighted by molar-refractivity contribution is 0.0950. The van der Waals surface area contributed by atoms with E-state index in [1.54, 1.807) is 12.3 Å². The molecule has 0 spiro atoms. The molecule has 0 bridgehead atoms. The van der Waals surface area contributed by atoms with Gasteiger partial charge in [-0.05, 0) is 38.1 Å². The molecular formula is C14H17N3O. The van der Waals surface area contributed by atoms with Gasteiger partial charge in [-0.15, -0.1) is 0 Å². The van der Waals surface area contributed by atoms with Crippen LogP contribution in [0.25, 0.3) is 0 Å². The summed E-state index contributed by atoms with van der Waals surface area (Å²) < 4.78 is 2.06. The molecule has 4 heteroatoms. The molecule has 18 heavy (non-hydrogen) atoms. The van der Waals surface area contributed by atoms with Crippen molar-refractivity contribution in [3.05, 3.63) is 53.1 Å². The molecule has 2 aromatic rings. The summed E-state index contributed by atoms with van der Waals surface area (Å²) in [5.41, 5.74) is 3.76. The first-order valence-electron chi connectivity index (χ1n) is 5.90. The number of amides is 1. The molecule has 2 rings (SSSR count). The van der Waals surface area contributed by atoms with Crippen molar-refractivity contribution in [3.63, 3.8) is 0 Å². The number of nitrogens with one attached hydrogen (secondary N) is 1. The molecule has 94 valence electrons. The van der Waals surface area contributed by atoms with Crippen LogP contribution in [0.2, 0.25) is 0 Å². The Morgan fingerprint density at radius 1 is 1.28 bits per heavy atom. The highest BCUT2D eigenvalue weighted by Gasteiger charge is 2.07. The van der Waals surface area contributed by atoms with Gasteiger partial charge in [0.15, 0.2) is 0 Å². The Hall–Kier alpha value is -2.10. The van der Waals surface area contributed by atoms with E-state index in [-0.39, 0.29) is 5.91 Å². The monoisotopic (exact) mass is 243 g/mol. The lowest BCUT2D eigenvalue weighted by atomic mass is 10.2. The van der Waals surface area contributed by atoms with Crippen molar-refractivity contribution in [2.24, 2.45) is 7.05 Å². The maximum atomic E-state index is 11.9. The van der Waals surface area contributed by atoms with Crippen LogP contribution in [0.4, 0.5) is 0 Å². The summed E-state index contributed by atoms with van der Waals surface area (Å²) in [6.07, 6.45) is 1.60. The van der Waals surface area contributed by atoms with E-state index in [0.717, 1.165) is 11.4 Å². The zero-order valence-electron chi connectivity index (χ0n) is 10.9. The van der Waals surface area contributed by atoms with Gasteiger partial charge in [-0.3, -0.25) is 9.78 Å². The number of aromatic nitrogens is 2. The Kier molecular flexibility index (Phi) is 3.46. The maximum absolute atomic E-state index is 11.9. The molecule has 1 amide bonds. The van der Waals surface area contributed by atoms with Crippen LogP contribution in [0.15, 0.2) is 30.5 Å². The van der Waals surface area contributed by atoms with Crippen LogP contribution in [0, 0.1) is 13.8 Å². The second-order valence-electron chi connectivity index (χ2n) is 4.40. The van der Waals surface area contributed by atoms with Crippen LogP contribution in [-0.2, 0) is 13.6 Å². The second-order valence-corrected chi connectivity index (χ2v) is 4.40. The summed E-state index contributed by atoms with van der Waals surface area (Å²) in [5.74, 6) is -0.0960. The first kappa shape index (κ1) is 12.4. The smallest absolute Gasteiger partial charge is 0.253 e. The van der Waals surface area contributed by atoms with Gasteiger partial charge in [0.05, 0.1) is 12.1 Å². The fourth-order valence-corrected chi connectivity index (χ4v) is 1.72. The van der Waals surface area contributed by atoms with E-state index in [2.05, 4.69) is 14.9 Å². The van der Waals surface area contributed by atoms with E-state index in [0.29, 0.717) is 12.1 Å². The standard InChI is InChI=1S/C14H17N3O/c1-10-4-6-12(8-15-10)14(18)16-9-13-7-5-11(2)17(13)3/h4-8H,9H2,1-3H3,(H,16,18). The molecule has 0 atom stereocenters. The summed E-state index contributed by atoms with van der Waals surface area (Å²) in [6, 6.07) is 7.67. The van der Waals surface area contributed by atoms with Crippen molar-refractivity contribution in [3.8, 4) is 0 Å². The molecule has 2 aromatic heterocycles. The third-order valence-corrected chi connectivity index (χ3v) is 3.08. The summed E-state index contributed by atoms with van der Waals surface area (Å²) in [5, 5.41) is 2.89. The Morgan fingerprint density at radius 2 is 2.06 bits per heavy atom. The Morgan fingerprint density at radius 3 is 2.61 bits per heavy atom. The molecule has 0 aromatic carbocycles. The summed E-state index contributed by atoms with van der Waals surface area (Å²) in [7, 11) is 1.99. The largest absolute Gasteiger partial charge is 0.350 e. The number of carbonyl (C=O) groups is 1. The van der Waals surface area contributed by atoms with Crippen molar-refractivity contribution in [2.45, 2.75) is 20.4 Å². The van der Waals surface area contributed by atoms with Crippen LogP contribution >= 0.6 is 0 Å². The number of hydrogen-bond donors (Lipinski definition) is 1. The molecule has 0 aliphatic carbocycles. The number of nitrogens with zero attached hydrogens (tertiary/aromatic N) is 2. The molecule has 4 nitrogen and oxygen atoms in total. The second kappa shape index (κ2) is 5.04. The van der Waals surface area contributed by atoms with Gasteiger partial charge in [-0.25, -0.2) is 0 Å². The van der Waals surface area contributed by atoms with E-state index in [1.807, 2.05) is 39.1 Å². The molecule has 0 saturated carbocycles. The SMILES string of the molecule is Cc1ccc(C(=O)NCc2ccc(C)n2C)cn1. The van der Waals surface area contributed by atoms with Crippen molar-refractivity contribution >= 4 is 5.91 Å². The first-order chi connectivity index (χ1) is 8.58. The van der Waals surface area contributed by atoms with E-state index in [1.165, 1.54) is 5.69 Å². The quantitative estimate of drug-likeness (QED) is 0.895. The maximum Gasteiger partial charge on any atom is 0.253 e. The molecule has 1 N–H and O–H groups in total. The van der Waals surface area contributed by atoms with Crippen LogP contribution in [-0.4, -0.2) is 15.5 Å². The predicted molar refractivity (Wildman–Crippen MR) is 70.3 cm³/mol. The molecular weight excluding hydrogens is 226 g/mol. The third-order valence-electron chi connectivity index (χ3n) is 3.08. The van der Waals surface area contributed by atoms with Crippen LogP contribution < -0.4 is 5.32 Å². The molecule has 2 heterocycles. The van der Waals surface area contributed by atoms with Gasteiger partial charge in [0.1, 0.15) is 0 Å². The summed E-state index contributed by atoms with van der Waals surface area (Å²) in [6.45, 7) is 4.46. The highest BCUT2D eigenvalue weighted by molar-refractivity contribution is 5.93. The van der Waals surface area contributed by atoms with Crippen molar-refractivity contribution in [1.82, 2.24) is 14.9 Å². The molecule has 0 saturated heterocycles. The topological polar surface area (TPSA) is 46.9 Å². The Balaban J connectivity index is 2.00. The highest BCUT2D eigenvalue weighted by atomic mass is 16.1. The van der Waals surface area contributed by atoms with Gasteiger partial charge in [-0.2, -0.15) is 0 Å². The van der Waals surface area contributed by atoms with Gasteiger partial charge in [0.25, 0.3) is 5.91 Å². The highest BCUT2D eigenvalue weighted by Crippen LogP contribution is 2.06. The van der Waals surface area contributed by atoms with Crippen LogP contribution in [0.5, 0.6) is 0 Å². The lowest BCUT2D eigenvalue weighted by Crippen LogP contribution is -2.24. The van der Waals surface area contributed by atoms with Crippen molar-refractivity contribution in [1.29, 1.82) is 0 Å². The summed E-state index contributed by atoms with van der Waals surface area (Å²) >= 11 is 0. The fraction of sp³-hybridized carbons (Fsp3) is 0.286. The number of rotatable bonds is 3. The number of aryl methyl sites for hydroxylation is 2. The van der Waals surface area contributed by atoms with Crippen LogP contribution in [0.1, 0.15) is 27.4 Å². The van der Waals surface area contributed by atoms with E-state index >= 15 is 0 Å². The van der Waals surface area contributed by atoms with Gasteiger partial charge in [-0.1, -0.05) is 0 Å². The average Bonchev–Trinajstić information content (AvgIpc) is 2.68. The lowest BCUT2D eigenvalue weighted by Gasteiger charge is -2.07. The zero-order chi connectivity index (χ0) is 13.1. The molecule has 0 aliphatic heterocycles. The third kappa shape index (κ3) is 2.59. The fourth-order valence-electron chi connectivity index (χ4n) is 1.72. The Labute approximate surface area is 107 Å². The van der Waals surface area contributed by atoms with Gasteiger partial charge >= 0.3 is 0 Å².